The van der Waals surface area contributed by atoms with E-state index in [1.807, 2.05) is 0 Å². The highest BCUT2D eigenvalue weighted by atomic mass is 16.5. The third kappa shape index (κ3) is 0.678. The van der Waals surface area contributed by atoms with Crippen molar-refractivity contribution in [1.29, 1.82) is 0 Å². The number of amides is 1. The molecule has 3 fully saturated rings. The highest BCUT2D eigenvalue weighted by Crippen LogP contribution is 2.46. The van der Waals surface area contributed by atoms with Gasteiger partial charge in [0, 0.05) is 6.61 Å². The summed E-state index contributed by atoms with van der Waals surface area (Å²) in [7, 11) is 0. The van der Waals surface area contributed by atoms with Crippen LogP contribution in [0.2, 0.25) is 0 Å². The predicted octanol–water partition coefficient (Wildman–Crippen LogP) is 0.444. The fourth-order valence-corrected chi connectivity index (χ4v) is 2.46. The lowest BCUT2D eigenvalue weighted by molar-refractivity contribution is -0.164. The minimum absolute atomic E-state index is 0.136. The topological polar surface area (TPSA) is 38.3 Å². The van der Waals surface area contributed by atoms with Gasteiger partial charge in [-0.25, -0.2) is 0 Å². The van der Waals surface area contributed by atoms with Gasteiger partial charge in [-0.3, -0.25) is 4.79 Å². The van der Waals surface area contributed by atoms with E-state index >= 15 is 0 Å². The Morgan fingerprint density at radius 1 is 1.50 bits per heavy atom. The molecule has 2 saturated heterocycles. The van der Waals surface area contributed by atoms with Gasteiger partial charge in [-0.2, -0.15) is 0 Å². The van der Waals surface area contributed by atoms with E-state index in [4.69, 9.17) is 4.74 Å². The summed E-state index contributed by atoms with van der Waals surface area (Å²) in [6, 6.07) is 0.354. The zero-order valence-corrected chi connectivity index (χ0v) is 7.01. The quantitative estimate of drug-likeness (QED) is 0.576. The van der Waals surface area contributed by atoms with E-state index in [1.54, 1.807) is 0 Å². The van der Waals surface area contributed by atoms with Crippen molar-refractivity contribution >= 4 is 5.91 Å². The molecule has 3 aliphatic rings. The molecule has 1 N–H and O–H groups in total. The second-order valence-corrected chi connectivity index (χ2v) is 4.13. The lowest BCUT2D eigenvalue weighted by Gasteiger charge is -2.45. The first-order valence-electron chi connectivity index (χ1n) is 4.78. The average molecular weight is 167 g/mol. The smallest absolute Gasteiger partial charge is 0.254 e. The number of hydrogen-bond donors (Lipinski definition) is 1. The number of carbonyl (C=O) groups excluding carboxylic acids is 1. The molecule has 12 heavy (non-hydrogen) atoms. The molecule has 0 bridgehead atoms. The Kier molecular flexibility index (Phi) is 1.16. The molecule has 2 heterocycles. The van der Waals surface area contributed by atoms with Gasteiger partial charge in [-0.1, -0.05) is 0 Å². The van der Waals surface area contributed by atoms with Gasteiger partial charge < -0.3 is 10.1 Å². The second-order valence-electron chi connectivity index (χ2n) is 4.13. The van der Waals surface area contributed by atoms with Crippen LogP contribution in [-0.4, -0.2) is 24.2 Å². The molecule has 2 aliphatic heterocycles. The fourth-order valence-electron chi connectivity index (χ4n) is 2.46. The standard InChI is InChI=1S/C9H13NO2/c11-8-9(4-1-5-12-9)7(10-8)6-2-3-6/h6-7H,1-5H2,(H,10,11)/t7-,9+/m1/s1. The Labute approximate surface area is 71.5 Å². The predicted molar refractivity (Wildman–Crippen MR) is 42.6 cm³/mol. The number of rotatable bonds is 1. The van der Waals surface area contributed by atoms with Crippen LogP contribution in [0.3, 0.4) is 0 Å². The van der Waals surface area contributed by atoms with E-state index in [2.05, 4.69) is 5.32 Å². The van der Waals surface area contributed by atoms with Gasteiger partial charge in [0.1, 0.15) is 0 Å². The molecule has 3 nitrogen and oxygen atoms in total. The molecule has 66 valence electrons. The summed E-state index contributed by atoms with van der Waals surface area (Å²) in [6.45, 7) is 0.774. The van der Waals surface area contributed by atoms with Crippen LogP contribution in [0.4, 0.5) is 0 Å². The summed E-state index contributed by atoms with van der Waals surface area (Å²) in [5.41, 5.74) is -0.374. The number of ether oxygens (including phenoxy) is 1. The molecule has 1 amide bonds. The van der Waals surface area contributed by atoms with Crippen LogP contribution in [0.25, 0.3) is 0 Å². The molecule has 1 aliphatic carbocycles. The highest BCUT2D eigenvalue weighted by molar-refractivity contribution is 5.93. The second kappa shape index (κ2) is 2.02. The first-order valence-corrected chi connectivity index (χ1v) is 4.78. The number of nitrogens with one attached hydrogen (secondary N) is 1. The molecular formula is C9H13NO2. The Bertz CT molecular complexity index is 229. The van der Waals surface area contributed by atoms with Crippen molar-refractivity contribution in [3.8, 4) is 0 Å². The lowest BCUT2D eigenvalue weighted by atomic mass is 9.80. The maximum absolute atomic E-state index is 11.4. The van der Waals surface area contributed by atoms with Crippen LogP contribution in [0.15, 0.2) is 0 Å². The van der Waals surface area contributed by atoms with Gasteiger partial charge in [0.2, 0.25) is 0 Å². The molecule has 3 rings (SSSR count). The van der Waals surface area contributed by atoms with E-state index in [1.165, 1.54) is 12.8 Å². The minimum atomic E-state index is -0.374. The number of hydrogen-bond acceptors (Lipinski definition) is 2. The van der Waals surface area contributed by atoms with Gasteiger partial charge in [0.15, 0.2) is 5.60 Å². The van der Waals surface area contributed by atoms with Gasteiger partial charge >= 0.3 is 0 Å². The van der Waals surface area contributed by atoms with Crippen molar-refractivity contribution < 1.29 is 9.53 Å². The van der Waals surface area contributed by atoms with Crippen LogP contribution in [0, 0.1) is 5.92 Å². The van der Waals surface area contributed by atoms with Crippen LogP contribution in [-0.2, 0) is 9.53 Å². The molecule has 0 radical (unpaired) electrons. The monoisotopic (exact) mass is 167 g/mol. The van der Waals surface area contributed by atoms with Crippen LogP contribution in [0.5, 0.6) is 0 Å². The summed E-state index contributed by atoms with van der Waals surface area (Å²) in [4.78, 5) is 11.4. The van der Waals surface area contributed by atoms with E-state index in [0.717, 1.165) is 25.4 Å². The van der Waals surface area contributed by atoms with Crippen molar-refractivity contribution in [2.75, 3.05) is 6.61 Å². The Hall–Kier alpha value is -0.570. The first kappa shape index (κ1) is 6.89. The normalized spacial score (nSPS) is 46.0. The van der Waals surface area contributed by atoms with E-state index in [9.17, 15) is 4.79 Å². The largest absolute Gasteiger partial charge is 0.363 e. The van der Waals surface area contributed by atoms with Crippen molar-refractivity contribution in [3.05, 3.63) is 0 Å². The van der Waals surface area contributed by atoms with Gasteiger partial charge in [-0.15, -0.1) is 0 Å². The molecule has 1 saturated carbocycles. The molecule has 0 aromatic heterocycles. The maximum atomic E-state index is 11.4. The van der Waals surface area contributed by atoms with Crippen molar-refractivity contribution in [2.24, 2.45) is 5.92 Å². The zero-order chi connectivity index (χ0) is 8.18. The van der Waals surface area contributed by atoms with Crippen molar-refractivity contribution in [3.63, 3.8) is 0 Å². The van der Waals surface area contributed by atoms with Crippen molar-refractivity contribution in [1.82, 2.24) is 5.32 Å². The summed E-state index contributed by atoms with van der Waals surface area (Å²) in [5.74, 6) is 0.859. The zero-order valence-electron chi connectivity index (χ0n) is 7.01. The maximum Gasteiger partial charge on any atom is 0.254 e. The van der Waals surface area contributed by atoms with Crippen LogP contribution >= 0.6 is 0 Å². The Morgan fingerprint density at radius 2 is 2.33 bits per heavy atom. The Morgan fingerprint density at radius 3 is 2.83 bits per heavy atom. The van der Waals surface area contributed by atoms with E-state index in [0.29, 0.717) is 6.04 Å². The molecule has 0 aromatic rings. The van der Waals surface area contributed by atoms with Crippen LogP contribution in [0.1, 0.15) is 25.7 Å². The SMILES string of the molecule is O=C1N[C@H](C2CC2)[C@@]12CCCO2. The van der Waals surface area contributed by atoms with Gasteiger partial charge in [0.05, 0.1) is 6.04 Å². The fraction of sp³-hybridized carbons (Fsp3) is 0.889. The summed E-state index contributed by atoms with van der Waals surface area (Å²) >= 11 is 0. The summed E-state index contributed by atoms with van der Waals surface area (Å²) in [6.07, 6.45) is 4.54. The first-order chi connectivity index (χ1) is 5.83. The Balaban J connectivity index is 1.84. The minimum Gasteiger partial charge on any atom is -0.363 e. The third-order valence-electron chi connectivity index (χ3n) is 3.32. The number of carbonyl (C=O) groups is 1. The summed E-state index contributed by atoms with van der Waals surface area (Å²) in [5, 5.41) is 2.97. The molecule has 0 aromatic carbocycles. The molecule has 2 atom stereocenters. The van der Waals surface area contributed by atoms with Crippen LogP contribution < -0.4 is 5.32 Å². The van der Waals surface area contributed by atoms with Gasteiger partial charge in [-0.05, 0) is 31.6 Å². The third-order valence-corrected chi connectivity index (χ3v) is 3.32. The number of β-lactam (4-membered cyclic amide) rings is 1. The molecule has 3 heteroatoms. The average Bonchev–Trinajstić information content (AvgIpc) is 2.74. The van der Waals surface area contributed by atoms with Crippen molar-refractivity contribution in [2.45, 2.75) is 37.3 Å². The summed E-state index contributed by atoms with van der Waals surface area (Å²) < 4.78 is 5.59. The molecular weight excluding hydrogens is 154 g/mol. The van der Waals surface area contributed by atoms with E-state index < -0.39 is 0 Å². The lowest BCUT2D eigenvalue weighted by Crippen LogP contribution is -2.72. The van der Waals surface area contributed by atoms with E-state index in [-0.39, 0.29) is 11.5 Å². The van der Waals surface area contributed by atoms with Gasteiger partial charge in [0.25, 0.3) is 5.91 Å². The molecule has 1 spiro atoms. The highest BCUT2D eigenvalue weighted by Gasteiger charge is 2.62. The molecule has 0 unspecified atom stereocenters.